The van der Waals surface area contributed by atoms with E-state index in [9.17, 15) is 9.59 Å². The van der Waals surface area contributed by atoms with E-state index in [0.29, 0.717) is 0 Å². The molecule has 0 unspecified atom stereocenters. The van der Waals surface area contributed by atoms with Gasteiger partial charge in [0.05, 0.1) is 0 Å². The summed E-state index contributed by atoms with van der Waals surface area (Å²) in [6.45, 7) is 5.48. The molecule has 0 amide bonds. The summed E-state index contributed by atoms with van der Waals surface area (Å²) < 4.78 is 0. The Labute approximate surface area is 68.0 Å². The molecule has 0 aliphatic rings. The molecule has 0 saturated heterocycles. The number of carbonyl (C=O) groups excluding carboxylic acids is 2. The maximum absolute atomic E-state index is 9.79. The van der Waals surface area contributed by atoms with Gasteiger partial charge in [-0.3, -0.25) is 9.59 Å². The molecule has 0 atom stereocenters. The molecular weight excluding hydrogens is 142 g/mol. The van der Waals surface area contributed by atoms with Crippen molar-refractivity contribution in [3.05, 3.63) is 0 Å². The number of rotatable bonds is 3. The Morgan fingerprint density at radius 2 is 1.55 bits per heavy atom. The Balaban J connectivity index is 0. The molecule has 0 radical (unpaired) electrons. The molecule has 3 heteroatoms. The Morgan fingerprint density at radius 1 is 1.18 bits per heavy atom. The van der Waals surface area contributed by atoms with Crippen LogP contribution in [0, 0.1) is 0 Å². The van der Waals surface area contributed by atoms with Gasteiger partial charge in [-0.25, -0.2) is 0 Å². The van der Waals surface area contributed by atoms with Gasteiger partial charge in [-0.05, 0) is 13.0 Å². The molecule has 0 aromatic carbocycles. The average molecular weight is 159 g/mol. The van der Waals surface area contributed by atoms with Crippen molar-refractivity contribution in [2.24, 2.45) is 5.73 Å². The second-order valence-corrected chi connectivity index (χ2v) is 2.25. The standard InChI is InChI=1S/C4H11N.C4H6O2/c1-2-3-4-5;1-3(5)4(2)6/h2-5H2,1H3;1-2H3. The average Bonchev–Trinajstić information content (AvgIpc) is 1.90. The summed E-state index contributed by atoms with van der Waals surface area (Å²) in [5.74, 6) is -0.759. The maximum Gasteiger partial charge on any atom is 0.195 e. The van der Waals surface area contributed by atoms with Gasteiger partial charge in [-0.1, -0.05) is 13.3 Å². The van der Waals surface area contributed by atoms with Crippen LogP contribution in [-0.2, 0) is 9.59 Å². The van der Waals surface area contributed by atoms with Crippen LogP contribution in [-0.4, -0.2) is 18.1 Å². The second-order valence-electron chi connectivity index (χ2n) is 2.25. The van der Waals surface area contributed by atoms with E-state index in [1.807, 2.05) is 0 Å². The smallest absolute Gasteiger partial charge is 0.195 e. The van der Waals surface area contributed by atoms with Gasteiger partial charge in [0.1, 0.15) is 0 Å². The van der Waals surface area contributed by atoms with Gasteiger partial charge >= 0.3 is 0 Å². The highest BCUT2D eigenvalue weighted by Crippen LogP contribution is 1.77. The summed E-state index contributed by atoms with van der Waals surface area (Å²) in [5, 5.41) is 0. The molecule has 0 aromatic heterocycles. The molecule has 0 saturated carbocycles. The van der Waals surface area contributed by atoms with Gasteiger partial charge < -0.3 is 5.73 Å². The van der Waals surface area contributed by atoms with E-state index >= 15 is 0 Å². The Morgan fingerprint density at radius 3 is 1.55 bits per heavy atom. The number of carbonyl (C=O) groups is 2. The van der Waals surface area contributed by atoms with E-state index in [1.54, 1.807) is 0 Å². The van der Waals surface area contributed by atoms with Crippen molar-refractivity contribution in [1.82, 2.24) is 0 Å². The van der Waals surface area contributed by atoms with Crippen LogP contribution in [0.15, 0.2) is 0 Å². The Hall–Kier alpha value is -0.700. The van der Waals surface area contributed by atoms with Crippen molar-refractivity contribution in [2.45, 2.75) is 33.6 Å². The third-order valence-electron chi connectivity index (χ3n) is 1.05. The van der Waals surface area contributed by atoms with Crippen LogP contribution in [0.1, 0.15) is 33.6 Å². The van der Waals surface area contributed by atoms with Crippen LogP contribution in [0.5, 0.6) is 0 Å². The molecule has 0 bridgehead atoms. The molecule has 0 fully saturated rings. The summed E-state index contributed by atoms with van der Waals surface area (Å²) in [4.78, 5) is 19.6. The third kappa shape index (κ3) is 17.6. The van der Waals surface area contributed by atoms with Crippen LogP contribution in [0.2, 0.25) is 0 Å². The zero-order valence-corrected chi connectivity index (χ0v) is 7.52. The zero-order chi connectivity index (χ0) is 9.28. The lowest BCUT2D eigenvalue weighted by Crippen LogP contribution is -2.01. The van der Waals surface area contributed by atoms with Gasteiger partial charge in [0.25, 0.3) is 0 Å². The number of ketones is 2. The summed E-state index contributed by atoms with van der Waals surface area (Å²) in [7, 11) is 0. The van der Waals surface area contributed by atoms with Crippen LogP contribution >= 0.6 is 0 Å². The molecule has 0 heterocycles. The fourth-order valence-corrected chi connectivity index (χ4v) is 0.204. The van der Waals surface area contributed by atoms with Gasteiger partial charge in [0.15, 0.2) is 11.6 Å². The quantitative estimate of drug-likeness (QED) is 0.622. The minimum atomic E-state index is -0.380. The fourth-order valence-electron chi connectivity index (χ4n) is 0.204. The Kier molecular flexibility index (Phi) is 10.9. The van der Waals surface area contributed by atoms with Gasteiger partial charge in [0, 0.05) is 13.8 Å². The first-order valence-corrected chi connectivity index (χ1v) is 3.77. The molecule has 0 aromatic rings. The van der Waals surface area contributed by atoms with Crippen molar-refractivity contribution in [1.29, 1.82) is 0 Å². The molecule has 11 heavy (non-hydrogen) atoms. The monoisotopic (exact) mass is 159 g/mol. The van der Waals surface area contributed by atoms with E-state index in [-0.39, 0.29) is 11.6 Å². The minimum Gasteiger partial charge on any atom is -0.330 e. The Bertz CT molecular complexity index is 107. The number of hydrogen-bond acceptors (Lipinski definition) is 3. The highest BCUT2D eigenvalue weighted by molar-refractivity contribution is 6.35. The third-order valence-corrected chi connectivity index (χ3v) is 1.05. The predicted molar refractivity (Wildman–Crippen MR) is 45.3 cm³/mol. The minimum absolute atomic E-state index is 0.380. The molecular formula is C8H17NO2. The second kappa shape index (κ2) is 9.30. The van der Waals surface area contributed by atoms with Crippen molar-refractivity contribution in [2.75, 3.05) is 6.54 Å². The topological polar surface area (TPSA) is 60.2 Å². The molecule has 0 rings (SSSR count). The maximum atomic E-state index is 9.79. The van der Waals surface area contributed by atoms with Crippen LogP contribution in [0.3, 0.4) is 0 Å². The predicted octanol–water partition coefficient (Wildman–Crippen LogP) is 0.910. The molecule has 3 nitrogen and oxygen atoms in total. The zero-order valence-electron chi connectivity index (χ0n) is 7.52. The van der Waals surface area contributed by atoms with Crippen molar-refractivity contribution >= 4 is 11.6 Å². The summed E-state index contributed by atoms with van der Waals surface area (Å²) in [6, 6.07) is 0. The number of nitrogens with two attached hydrogens (primary N) is 1. The van der Waals surface area contributed by atoms with Crippen LogP contribution in [0.4, 0.5) is 0 Å². The van der Waals surface area contributed by atoms with Crippen molar-refractivity contribution < 1.29 is 9.59 Å². The fraction of sp³-hybridized carbons (Fsp3) is 0.750. The lowest BCUT2D eigenvalue weighted by atomic mass is 10.3. The normalized spacial score (nSPS) is 8.00. The number of unbranched alkanes of at least 4 members (excludes halogenated alkanes) is 1. The summed E-state index contributed by atoms with van der Waals surface area (Å²) in [6.07, 6.45) is 2.39. The van der Waals surface area contributed by atoms with E-state index < -0.39 is 0 Å². The van der Waals surface area contributed by atoms with Crippen molar-refractivity contribution in [3.8, 4) is 0 Å². The highest BCUT2D eigenvalue weighted by Gasteiger charge is 1.94. The lowest BCUT2D eigenvalue weighted by Gasteiger charge is -1.80. The first kappa shape index (κ1) is 12.9. The highest BCUT2D eigenvalue weighted by atomic mass is 16.2. The largest absolute Gasteiger partial charge is 0.330 e. The van der Waals surface area contributed by atoms with E-state index in [1.165, 1.54) is 26.7 Å². The van der Waals surface area contributed by atoms with E-state index in [2.05, 4.69) is 6.92 Å². The first-order chi connectivity index (χ1) is 5.06. The summed E-state index contributed by atoms with van der Waals surface area (Å²) in [5.41, 5.74) is 5.14. The molecule has 66 valence electrons. The molecule has 2 N–H and O–H groups in total. The van der Waals surface area contributed by atoms with Crippen LogP contribution in [0.25, 0.3) is 0 Å². The number of Topliss-reactive ketones (excluding diaryl/α,β-unsaturated/α-hetero) is 2. The molecule has 0 aliphatic heterocycles. The number of hydrogen-bond donors (Lipinski definition) is 1. The van der Waals surface area contributed by atoms with Gasteiger partial charge in [-0.15, -0.1) is 0 Å². The first-order valence-electron chi connectivity index (χ1n) is 3.77. The lowest BCUT2D eigenvalue weighted by molar-refractivity contribution is -0.134. The van der Waals surface area contributed by atoms with Crippen LogP contribution < -0.4 is 5.73 Å². The molecule has 0 aliphatic carbocycles. The van der Waals surface area contributed by atoms with Crippen molar-refractivity contribution in [3.63, 3.8) is 0 Å². The molecule has 0 spiro atoms. The van der Waals surface area contributed by atoms with Gasteiger partial charge in [-0.2, -0.15) is 0 Å². The summed E-state index contributed by atoms with van der Waals surface area (Å²) >= 11 is 0. The van der Waals surface area contributed by atoms with E-state index in [0.717, 1.165) is 6.54 Å². The SMILES string of the molecule is CC(=O)C(C)=O.CCCCN. The van der Waals surface area contributed by atoms with E-state index in [4.69, 9.17) is 5.73 Å². The van der Waals surface area contributed by atoms with Gasteiger partial charge in [0.2, 0.25) is 0 Å².